The van der Waals surface area contributed by atoms with Crippen LogP contribution in [0.25, 0.3) is 0 Å². The topological polar surface area (TPSA) is 199 Å². The first kappa shape index (κ1) is 131. The van der Waals surface area contributed by atoms with Crippen molar-refractivity contribution in [2.45, 2.75) is 581 Å². The zero-order valence-electron chi connectivity index (χ0n) is 82.6. The summed E-state index contributed by atoms with van der Waals surface area (Å²) < 4.78 is 0. The van der Waals surface area contributed by atoms with Gasteiger partial charge in [0.05, 0.1) is 0 Å². The zero-order chi connectivity index (χ0) is 88.5. The van der Waals surface area contributed by atoms with E-state index in [9.17, 15) is 44.0 Å². The van der Waals surface area contributed by atoms with Crippen molar-refractivity contribution in [2.75, 3.05) is 37.0 Å². The van der Waals surface area contributed by atoms with E-state index in [1.807, 2.05) is 0 Å². The van der Waals surface area contributed by atoms with E-state index in [2.05, 4.69) is 114 Å². The van der Waals surface area contributed by atoms with Crippen LogP contribution in [0.2, 0.25) is 0 Å². The van der Waals surface area contributed by atoms with Gasteiger partial charge in [0.1, 0.15) is 0 Å². The number of allylic oxidation sites excluding steroid dienone is 12. The molecule has 0 bridgehead atoms. The second-order valence-corrected chi connectivity index (χ2v) is 48.0. The van der Waals surface area contributed by atoms with Crippen LogP contribution in [0, 0.1) is 0 Å². The predicted molar refractivity (Wildman–Crippen MR) is 547 cm³/mol. The summed E-state index contributed by atoms with van der Waals surface area (Å²) in [6, 6.07) is 0. The van der Waals surface area contributed by atoms with Crippen molar-refractivity contribution in [3.8, 4) is 0 Å². The summed E-state index contributed by atoms with van der Waals surface area (Å²) in [5.74, 6) is 0. The second-order valence-electron chi connectivity index (χ2n) is 37.8. The van der Waals surface area contributed by atoms with E-state index in [0.29, 0.717) is 38.5 Å². The molecule has 0 atom stereocenters. The van der Waals surface area contributed by atoms with Crippen LogP contribution in [-0.4, -0.2) is 51.7 Å². The molecule has 0 aliphatic carbocycles. The third-order valence-corrected chi connectivity index (χ3v) is 31.8. The monoisotopic (exact) mass is 1810 g/mol. The normalized spacial score (nSPS) is 13.3. The van der Waals surface area contributed by atoms with Crippen molar-refractivity contribution >= 4 is 41.7 Å². The molecular formula is C108H213O9P5. The van der Waals surface area contributed by atoms with Crippen LogP contribution in [0.15, 0.2) is 72.9 Å². The zero-order valence-corrected chi connectivity index (χ0v) is 87.1. The summed E-state index contributed by atoms with van der Waals surface area (Å²) in [5.41, 5.74) is 0. The van der Waals surface area contributed by atoms with E-state index in [4.69, 9.17) is 0 Å². The Morgan fingerprint density at radius 3 is 0.295 bits per heavy atom. The van der Waals surface area contributed by atoms with E-state index in [-0.39, 0.29) is 56.8 Å². The number of hydrogen-bond acceptors (Lipinski definition) is 9. The standard InChI is InChI=1S/3C36H71O3P.2P/c3*1-3-5-7-9-11-13-15-17-19-21-23-25-27-29-31-33-35-40(37,38,39)36-34-32-30-28-26-24-22-20-18-16-14-12-10-8-6-4-2;;/h3*17-20,37H,3-16,21-36H2,1-2H3;;/q3*-2;2*+3/b3*19-17-,20-18-;;. The van der Waals surface area contributed by atoms with Crippen molar-refractivity contribution in [1.29, 1.82) is 0 Å². The first-order valence-corrected chi connectivity index (χ1v) is 60.9. The maximum atomic E-state index is 12.5. The smallest absolute Gasteiger partial charge is 0.0654 e. The molecule has 0 unspecified atom stereocenters. The molecule has 4 radical (unpaired) electrons. The second kappa shape index (κ2) is 100. The molecule has 0 aromatic carbocycles. The van der Waals surface area contributed by atoms with Gasteiger partial charge in [0.2, 0.25) is 0 Å². The first-order valence-electron chi connectivity index (χ1n) is 53.7. The Morgan fingerprint density at radius 2 is 0.205 bits per heavy atom. The SMILES string of the molecule is CCCCCCCC/C=C\CCCCCCCCP([O-])([O-])(O)CCCCCCCC/C=C\CCCCCCCC.CCCCCCCC/C=C\CCCCCCCCP([O-])([O-])(O)CCCCCCCC/C=C\CCCCCCCC.CCCCCCCC/C=C\CCCCCCCCP([O-])([O-])(O)CCCCCCCC/C=C\CCCCCCCC.[P+3].[P+3]. The molecule has 0 aromatic heterocycles. The summed E-state index contributed by atoms with van der Waals surface area (Å²) >= 11 is 0. The third-order valence-electron chi connectivity index (χ3n) is 24.7. The summed E-state index contributed by atoms with van der Waals surface area (Å²) in [5, 5.41) is 0. The van der Waals surface area contributed by atoms with Gasteiger partial charge in [-0.05, 0) is 0 Å². The molecule has 122 heavy (non-hydrogen) atoms. The van der Waals surface area contributed by atoms with Gasteiger partial charge in [-0.25, -0.2) is 0 Å². The quantitative estimate of drug-likeness (QED) is 0.0301. The molecular weight excluding hydrogens is 1600 g/mol. The van der Waals surface area contributed by atoms with Gasteiger partial charge < -0.3 is 0 Å². The van der Waals surface area contributed by atoms with Crippen molar-refractivity contribution in [3.05, 3.63) is 72.9 Å². The molecule has 0 aliphatic rings. The molecule has 0 saturated heterocycles. The molecule has 0 saturated carbocycles. The van der Waals surface area contributed by atoms with E-state index in [1.165, 1.54) is 424 Å². The molecule has 0 rings (SSSR count). The Bertz CT molecular complexity index is 1800. The van der Waals surface area contributed by atoms with Crippen LogP contribution in [0.1, 0.15) is 581 Å². The molecule has 14 heteroatoms. The van der Waals surface area contributed by atoms with E-state index < -0.39 is 21.9 Å². The Kier molecular flexibility index (Phi) is 107. The molecule has 9 nitrogen and oxygen atoms in total. The Morgan fingerprint density at radius 1 is 0.131 bits per heavy atom. The van der Waals surface area contributed by atoms with Crippen LogP contribution in [0.5, 0.6) is 0 Å². The summed E-state index contributed by atoms with van der Waals surface area (Å²) in [7, 11) is -14.7. The van der Waals surface area contributed by atoms with Gasteiger partial charge in [0.15, 0.2) is 0 Å². The van der Waals surface area contributed by atoms with Gasteiger partial charge in [-0.2, -0.15) is 0 Å². The summed E-state index contributed by atoms with van der Waals surface area (Å²) in [4.78, 5) is 106. The van der Waals surface area contributed by atoms with Gasteiger partial charge in [-0.15, -0.1) is 0 Å². The fourth-order valence-corrected chi connectivity index (χ4v) is 22.1. The minimum atomic E-state index is -4.91. The third kappa shape index (κ3) is 118. The molecule has 0 heterocycles. The van der Waals surface area contributed by atoms with Gasteiger partial charge in [-0.3, -0.25) is 0 Å². The van der Waals surface area contributed by atoms with E-state index >= 15 is 0 Å². The summed E-state index contributed by atoms with van der Waals surface area (Å²) in [6.07, 6.45) is 128. The number of unbranched alkanes of at least 4 members (excludes halogenated alkanes) is 72. The fraction of sp³-hybridized carbons (Fsp3) is 0.889. The fourth-order valence-electron chi connectivity index (χ4n) is 16.4. The molecule has 0 aliphatic heterocycles. The van der Waals surface area contributed by atoms with Crippen LogP contribution in [-0.2, 0) is 0 Å². The van der Waals surface area contributed by atoms with Crippen LogP contribution < -0.4 is 29.4 Å². The van der Waals surface area contributed by atoms with Crippen molar-refractivity contribution < 1.29 is 44.0 Å². The minimum Gasteiger partial charge on any atom is -0.0654 e. The molecule has 0 amide bonds. The molecule has 0 fully saturated rings. The van der Waals surface area contributed by atoms with Crippen molar-refractivity contribution in [3.63, 3.8) is 0 Å². The van der Waals surface area contributed by atoms with Gasteiger partial charge in [-0.1, -0.05) is 234 Å². The van der Waals surface area contributed by atoms with Crippen LogP contribution in [0.3, 0.4) is 0 Å². The van der Waals surface area contributed by atoms with Crippen LogP contribution in [0.4, 0.5) is 0 Å². The Hall–Kier alpha value is 0.230. The van der Waals surface area contributed by atoms with Crippen LogP contribution >= 0.6 is 41.7 Å². The average Bonchev–Trinajstić information content (AvgIpc) is 0.849. The number of hydrogen-bond donors (Lipinski definition) is 3. The van der Waals surface area contributed by atoms with Gasteiger partial charge >= 0.3 is 542 Å². The minimum absolute atomic E-state index is 0. The Balaban J connectivity index is -0.000000556. The Labute approximate surface area is 771 Å². The van der Waals surface area contributed by atoms with E-state index in [1.54, 1.807) is 0 Å². The average molecular weight is 1810 g/mol. The van der Waals surface area contributed by atoms with E-state index in [0.717, 1.165) is 77.0 Å². The summed E-state index contributed by atoms with van der Waals surface area (Å²) in [6.45, 7) is 13.6. The number of rotatable bonds is 96. The van der Waals surface area contributed by atoms with Gasteiger partial charge in [0, 0.05) is 0 Å². The first-order chi connectivity index (χ1) is 58.2. The van der Waals surface area contributed by atoms with Crippen molar-refractivity contribution in [2.24, 2.45) is 0 Å². The molecule has 0 spiro atoms. The molecule has 3 N–H and O–H groups in total. The maximum absolute atomic E-state index is 12.5. The molecule has 724 valence electrons. The van der Waals surface area contributed by atoms with Crippen molar-refractivity contribution in [1.82, 2.24) is 0 Å². The predicted octanol–water partition coefficient (Wildman–Crippen LogP) is 34.9. The van der Waals surface area contributed by atoms with Gasteiger partial charge in [0.25, 0.3) is 0 Å². The molecule has 0 aromatic rings.